The van der Waals surface area contributed by atoms with E-state index in [4.69, 9.17) is 9.51 Å². The minimum Gasteiger partial charge on any atom is -0.355 e. The molecule has 0 radical (unpaired) electrons. The zero-order valence-corrected chi connectivity index (χ0v) is 19.8. The zero-order valence-electron chi connectivity index (χ0n) is 18.2. The van der Waals surface area contributed by atoms with Crippen LogP contribution in [-0.2, 0) is 17.8 Å². The number of carbonyl (C=O) groups excluding carboxylic acids is 1. The second-order valence-electron chi connectivity index (χ2n) is 8.67. The number of amides is 1. The Morgan fingerprint density at radius 3 is 2.77 bits per heavy atom. The van der Waals surface area contributed by atoms with Crippen LogP contribution in [0.1, 0.15) is 43.8 Å². The van der Waals surface area contributed by atoms with Gasteiger partial charge in [-0.2, -0.15) is 4.98 Å². The van der Waals surface area contributed by atoms with E-state index >= 15 is 0 Å². The fraction of sp³-hybridized carbons (Fsp3) is 0.478. The van der Waals surface area contributed by atoms with E-state index in [2.05, 4.69) is 50.1 Å². The van der Waals surface area contributed by atoms with Crippen LogP contribution in [0.2, 0.25) is 0 Å². The molecule has 0 saturated carbocycles. The summed E-state index contributed by atoms with van der Waals surface area (Å²) < 4.78 is 6.46. The molecule has 1 amide bonds. The second kappa shape index (κ2) is 9.34. The number of piperidine rings is 1. The van der Waals surface area contributed by atoms with Crippen LogP contribution < -0.4 is 10.2 Å². The van der Waals surface area contributed by atoms with Crippen molar-refractivity contribution in [2.75, 3.05) is 18.0 Å². The summed E-state index contributed by atoms with van der Waals surface area (Å²) in [5.41, 5.74) is 2.35. The molecule has 1 aliphatic rings. The molecule has 2 atom stereocenters. The van der Waals surface area contributed by atoms with E-state index in [9.17, 15) is 4.79 Å². The fourth-order valence-corrected chi connectivity index (χ4v) is 4.80. The van der Waals surface area contributed by atoms with Gasteiger partial charge in [0.05, 0.1) is 5.69 Å². The molecule has 1 saturated heterocycles. The number of aromatic nitrogens is 3. The van der Waals surface area contributed by atoms with Crippen LogP contribution in [0.3, 0.4) is 0 Å². The zero-order chi connectivity index (χ0) is 22.0. The lowest BCUT2D eigenvalue weighted by Gasteiger charge is -2.36. The Balaban J connectivity index is 1.47. The van der Waals surface area contributed by atoms with Crippen molar-refractivity contribution in [3.8, 4) is 0 Å². The summed E-state index contributed by atoms with van der Waals surface area (Å²) in [7, 11) is 0. The Bertz CT molecular complexity index is 1070. The van der Waals surface area contributed by atoms with Crippen LogP contribution in [-0.4, -0.2) is 34.1 Å². The summed E-state index contributed by atoms with van der Waals surface area (Å²) in [5, 5.41) is 7.95. The van der Waals surface area contributed by atoms with Crippen molar-refractivity contribution >= 4 is 38.8 Å². The molecule has 1 aliphatic heterocycles. The number of carbonyl (C=O) groups is 1. The van der Waals surface area contributed by atoms with Gasteiger partial charge < -0.3 is 14.7 Å². The average Bonchev–Trinajstić information content (AvgIpc) is 3.10. The molecule has 1 fully saturated rings. The summed E-state index contributed by atoms with van der Waals surface area (Å²) in [6.45, 7) is 8.87. The number of nitrogens with zero attached hydrogens (tertiary/aromatic N) is 4. The Hall–Kier alpha value is -2.48. The van der Waals surface area contributed by atoms with Gasteiger partial charge in [0.25, 0.3) is 5.71 Å². The van der Waals surface area contributed by atoms with E-state index in [1.54, 1.807) is 0 Å². The molecule has 1 aromatic carbocycles. The van der Waals surface area contributed by atoms with E-state index in [0.29, 0.717) is 42.8 Å². The van der Waals surface area contributed by atoms with E-state index in [0.717, 1.165) is 40.0 Å². The maximum Gasteiger partial charge on any atom is 0.263 e. The first kappa shape index (κ1) is 21.7. The molecule has 4 rings (SSSR count). The highest BCUT2D eigenvalue weighted by Crippen LogP contribution is 2.31. The third-order valence-corrected chi connectivity index (χ3v) is 6.15. The topological polar surface area (TPSA) is 84.1 Å². The van der Waals surface area contributed by atoms with Crippen molar-refractivity contribution in [2.45, 2.75) is 46.6 Å². The molecule has 1 N–H and O–H groups in total. The van der Waals surface area contributed by atoms with Crippen LogP contribution in [0.5, 0.6) is 0 Å². The van der Waals surface area contributed by atoms with Crippen LogP contribution >= 0.6 is 15.9 Å². The highest BCUT2D eigenvalue weighted by Gasteiger charge is 2.27. The molecule has 164 valence electrons. The van der Waals surface area contributed by atoms with E-state index in [-0.39, 0.29) is 5.91 Å². The number of hydrogen-bond donors (Lipinski definition) is 1. The Kier molecular flexibility index (Phi) is 6.55. The van der Waals surface area contributed by atoms with Gasteiger partial charge in [0.15, 0.2) is 0 Å². The van der Waals surface area contributed by atoms with Crippen LogP contribution in [0.4, 0.5) is 5.82 Å². The number of rotatable bonds is 6. The van der Waals surface area contributed by atoms with E-state index < -0.39 is 0 Å². The molecule has 2 unspecified atom stereocenters. The number of halogens is 1. The van der Waals surface area contributed by atoms with Gasteiger partial charge in [-0.1, -0.05) is 47.1 Å². The predicted molar refractivity (Wildman–Crippen MR) is 124 cm³/mol. The largest absolute Gasteiger partial charge is 0.355 e. The minimum absolute atomic E-state index is 0.0285. The molecule has 3 heterocycles. The molecule has 8 heteroatoms. The van der Waals surface area contributed by atoms with Gasteiger partial charge in [-0.15, -0.1) is 0 Å². The normalized spacial score (nSPS) is 19.0. The summed E-state index contributed by atoms with van der Waals surface area (Å²) in [6, 6.07) is 7.90. The van der Waals surface area contributed by atoms with Gasteiger partial charge in [0.2, 0.25) is 5.91 Å². The second-order valence-corrected chi connectivity index (χ2v) is 9.58. The first-order valence-electron chi connectivity index (χ1n) is 10.8. The highest BCUT2D eigenvalue weighted by atomic mass is 79.9. The Morgan fingerprint density at radius 1 is 1.26 bits per heavy atom. The van der Waals surface area contributed by atoms with Crippen LogP contribution in [0.15, 0.2) is 33.3 Å². The summed E-state index contributed by atoms with van der Waals surface area (Å²) in [6.07, 6.45) is 1.99. The quantitative estimate of drug-likeness (QED) is 0.556. The number of aryl methyl sites for hydroxylation is 2. The first-order valence-corrected chi connectivity index (χ1v) is 11.6. The molecule has 2 aromatic heterocycles. The Labute approximate surface area is 190 Å². The fourth-order valence-electron chi connectivity index (χ4n) is 4.35. The summed E-state index contributed by atoms with van der Waals surface area (Å²) in [5.74, 6) is 2.66. The standard InChI is InChI=1S/C23H28BrN5O2/c1-14-9-15(2)13-29(12-14)22-21-16(3)28-31-23(21)27-19(26-22)7-8-20(30)25-11-17-5-4-6-18(24)10-17/h4-6,10,14-15H,7-9,11-13H2,1-3H3,(H,25,30). The molecule has 0 spiro atoms. The van der Waals surface area contributed by atoms with Crippen molar-refractivity contribution < 1.29 is 9.32 Å². The van der Waals surface area contributed by atoms with Gasteiger partial charge >= 0.3 is 0 Å². The summed E-state index contributed by atoms with van der Waals surface area (Å²) in [4.78, 5) is 24.1. The lowest BCUT2D eigenvalue weighted by molar-refractivity contribution is -0.121. The first-order chi connectivity index (χ1) is 14.9. The number of nitrogens with one attached hydrogen (secondary N) is 1. The van der Waals surface area contributed by atoms with E-state index in [1.165, 1.54) is 6.42 Å². The highest BCUT2D eigenvalue weighted by molar-refractivity contribution is 9.10. The maximum atomic E-state index is 12.4. The van der Waals surface area contributed by atoms with Gasteiger partial charge in [0, 0.05) is 36.9 Å². The molecular formula is C23H28BrN5O2. The predicted octanol–water partition coefficient (Wildman–Crippen LogP) is 4.42. The van der Waals surface area contributed by atoms with Gasteiger partial charge in [-0.05, 0) is 42.9 Å². The number of hydrogen-bond acceptors (Lipinski definition) is 6. The van der Waals surface area contributed by atoms with Crippen molar-refractivity contribution in [1.29, 1.82) is 0 Å². The maximum absolute atomic E-state index is 12.4. The van der Waals surface area contributed by atoms with Gasteiger partial charge in [-0.25, -0.2) is 4.98 Å². The summed E-state index contributed by atoms with van der Waals surface area (Å²) >= 11 is 3.45. The van der Waals surface area contributed by atoms with Gasteiger partial charge in [-0.3, -0.25) is 4.79 Å². The Morgan fingerprint density at radius 2 is 2.03 bits per heavy atom. The van der Waals surface area contributed by atoms with Gasteiger partial charge in [0.1, 0.15) is 17.0 Å². The average molecular weight is 486 g/mol. The monoisotopic (exact) mass is 485 g/mol. The molecule has 0 aliphatic carbocycles. The smallest absolute Gasteiger partial charge is 0.263 e. The van der Waals surface area contributed by atoms with Crippen LogP contribution in [0.25, 0.3) is 11.1 Å². The van der Waals surface area contributed by atoms with Crippen molar-refractivity contribution in [3.05, 3.63) is 45.8 Å². The number of benzene rings is 1. The number of fused-ring (bicyclic) bond motifs is 1. The molecule has 0 bridgehead atoms. The van der Waals surface area contributed by atoms with Crippen molar-refractivity contribution in [3.63, 3.8) is 0 Å². The third-order valence-electron chi connectivity index (χ3n) is 5.66. The SMILES string of the molecule is Cc1noc2nc(CCC(=O)NCc3cccc(Br)c3)nc(N3CC(C)CC(C)C3)c12. The van der Waals surface area contributed by atoms with Crippen molar-refractivity contribution in [2.24, 2.45) is 11.8 Å². The third kappa shape index (κ3) is 5.23. The molecule has 31 heavy (non-hydrogen) atoms. The lowest BCUT2D eigenvalue weighted by atomic mass is 9.92. The van der Waals surface area contributed by atoms with Crippen LogP contribution in [0, 0.1) is 18.8 Å². The minimum atomic E-state index is -0.0285. The molecular weight excluding hydrogens is 458 g/mol. The van der Waals surface area contributed by atoms with Crippen molar-refractivity contribution in [1.82, 2.24) is 20.4 Å². The lowest BCUT2D eigenvalue weighted by Crippen LogP contribution is -2.39. The molecule has 3 aromatic rings. The van der Waals surface area contributed by atoms with E-state index in [1.807, 2.05) is 31.2 Å². The molecule has 7 nitrogen and oxygen atoms in total. The number of anilines is 1.